The highest BCUT2D eigenvalue weighted by Crippen LogP contribution is 2.26. The van der Waals surface area contributed by atoms with E-state index in [1.165, 1.54) is 38.2 Å². The van der Waals surface area contributed by atoms with Crippen LogP contribution in [0.2, 0.25) is 0 Å². The molecule has 112 valence electrons. The van der Waals surface area contributed by atoms with Gasteiger partial charge in [0.25, 0.3) is 0 Å². The van der Waals surface area contributed by atoms with Crippen molar-refractivity contribution >= 4 is 31.6 Å². The largest absolute Gasteiger partial charge is 0.398 e. The second kappa shape index (κ2) is 6.91. The summed E-state index contributed by atoms with van der Waals surface area (Å²) in [5, 5.41) is 0. The molecule has 3 N–H and O–H groups in total. The lowest BCUT2D eigenvalue weighted by atomic mass is 9.87. The fraction of sp³-hybridized carbons (Fsp3) is 0.571. The number of nitrogens with one attached hydrogen (secondary N) is 1. The van der Waals surface area contributed by atoms with Crippen LogP contribution in [-0.4, -0.2) is 15.0 Å². The van der Waals surface area contributed by atoms with Gasteiger partial charge in [-0.15, -0.1) is 0 Å². The molecule has 1 aromatic rings. The molecule has 0 heterocycles. The number of benzene rings is 1. The molecule has 0 aromatic heterocycles. The van der Waals surface area contributed by atoms with Crippen LogP contribution < -0.4 is 10.5 Å². The molecule has 1 fully saturated rings. The Morgan fingerprint density at radius 2 is 1.95 bits per heavy atom. The summed E-state index contributed by atoms with van der Waals surface area (Å²) < 4.78 is 27.7. The van der Waals surface area contributed by atoms with E-state index in [9.17, 15) is 8.42 Å². The van der Waals surface area contributed by atoms with Gasteiger partial charge in [-0.2, -0.15) is 0 Å². The van der Waals surface area contributed by atoms with Crippen LogP contribution in [0, 0.1) is 5.92 Å². The molecule has 1 saturated carbocycles. The van der Waals surface area contributed by atoms with Gasteiger partial charge < -0.3 is 5.73 Å². The highest BCUT2D eigenvalue weighted by Gasteiger charge is 2.17. The monoisotopic (exact) mass is 360 g/mol. The summed E-state index contributed by atoms with van der Waals surface area (Å²) >= 11 is 3.26. The van der Waals surface area contributed by atoms with E-state index in [0.717, 1.165) is 6.42 Å². The minimum Gasteiger partial charge on any atom is -0.398 e. The first-order valence-corrected chi connectivity index (χ1v) is 9.31. The SMILES string of the molecule is Nc1cc(S(=O)(=O)NCCC2CCCCC2)ccc1Br. The first kappa shape index (κ1) is 15.8. The molecule has 6 heteroatoms. The van der Waals surface area contributed by atoms with Gasteiger partial charge >= 0.3 is 0 Å². The van der Waals surface area contributed by atoms with Crippen molar-refractivity contribution in [1.82, 2.24) is 4.72 Å². The summed E-state index contributed by atoms with van der Waals surface area (Å²) in [6, 6.07) is 4.70. The quantitative estimate of drug-likeness (QED) is 0.791. The summed E-state index contributed by atoms with van der Waals surface area (Å²) in [6.07, 6.45) is 7.26. The second-order valence-electron chi connectivity index (χ2n) is 5.37. The molecule has 0 amide bonds. The Morgan fingerprint density at radius 3 is 2.60 bits per heavy atom. The number of hydrogen-bond donors (Lipinski definition) is 2. The Hall–Kier alpha value is -0.590. The predicted molar refractivity (Wildman–Crippen MR) is 84.9 cm³/mol. The third kappa shape index (κ3) is 4.20. The fourth-order valence-electron chi connectivity index (χ4n) is 2.65. The first-order chi connectivity index (χ1) is 9.49. The molecule has 0 aliphatic heterocycles. The minimum atomic E-state index is -3.45. The van der Waals surface area contributed by atoms with Gasteiger partial charge in [0.1, 0.15) is 0 Å². The standard InChI is InChI=1S/C14H21BrN2O2S/c15-13-7-6-12(10-14(13)16)20(18,19)17-9-8-11-4-2-1-3-5-11/h6-7,10-11,17H,1-5,8-9,16H2. The zero-order valence-electron chi connectivity index (χ0n) is 11.4. The molecule has 0 saturated heterocycles. The molecule has 2 rings (SSSR count). The number of anilines is 1. The molecule has 1 aliphatic rings. The van der Waals surface area contributed by atoms with Gasteiger partial charge in [-0.05, 0) is 46.5 Å². The normalized spacial score (nSPS) is 17.2. The second-order valence-corrected chi connectivity index (χ2v) is 8.00. The van der Waals surface area contributed by atoms with E-state index in [1.807, 2.05) is 0 Å². The average molecular weight is 361 g/mol. The van der Waals surface area contributed by atoms with E-state index >= 15 is 0 Å². The topological polar surface area (TPSA) is 72.2 Å². The van der Waals surface area contributed by atoms with Crippen molar-refractivity contribution < 1.29 is 8.42 Å². The summed E-state index contributed by atoms with van der Waals surface area (Å²) in [6.45, 7) is 0.503. The van der Waals surface area contributed by atoms with Crippen LogP contribution in [0.5, 0.6) is 0 Å². The highest BCUT2D eigenvalue weighted by atomic mass is 79.9. The van der Waals surface area contributed by atoms with Gasteiger partial charge in [0.2, 0.25) is 10.0 Å². The lowest BCUT2D eigenvalue weighted by Crippen LogP contribution is -2.26. The van der Waals surface area contributed by atoms with Crippen LogP contribution >= 0.6 is 15.9 Å². The Labute approximate surface area is 129 Å². The van der Waals surface area contributed by atoms with Crippen molar-refractivity contribution in [3.8, 4) is 0 Å². The van der Waals surface area contributed by atoms with Gasteiger partial charge in [0, 0.05) is 16.7 Å². The number of hydrogen-bond acceptors (Lipinski definition) is 3. The zero-order chi connectivity index (χ0) is 14.6. The first-order valence-electron chi connectivity index (χ1n) is 7.04. The van der Waals surface area contributed by atoms with Crippen LogP contribution in [0.4, 0.5) is 5.69 Å². The van der Waals surface area contributed by atoms with Crippen LogP contribution in [0.15, 0.2) is 27.6 Å². The number of nitrogens with two attached hydrogens (primary N) is 1. The number of rotatable bonds is 5. The van der Waals surface area contributed by atoms with Crippen molar-refractivity contribution in [2.75, 3.05) is 12.3 Å². The van der Waals surface area contributed by atoms with E-state index in [-0.39, 0.29) is 4.90 Å². The van der Waals surface area contributed by atoms with E-state index in [0.29, 0.717) is 22.6 Å². The average Bonchev–Trinajstić information content (AvgIpc) is 2.43. The van der Waals surface area contributed by atoms with Crippen molar-refractivity contribution in [3.63, 3.8) is 0 Å². The molecule has 1 aromatic carbocycles. The van der Waals surface area contributed by atoms with E-state index in [4.69, 9.17) is 5.73 Å². The maximum absolute atomic E-state index is 12.2. The molecule has 0 unspecified atom stereocenters. The molecule has 4 nitrogen and oxygen atoms in total. The van der Waals surface area contributed by atoms with Crippen molar-refractivity contribution in [2.45, 2.75) is 43.4 Å². The summed E-state index contributed by atoms with van der Waals surface area (Å²) in [5.74, 6) is 0.668. The number of halogens is 1. The smallest absolute Gasteiger partial charge is 0.240 e. The Balaban J connectivity index is 1.91. The molecular formula is C14H21BrN2O2S. The van der Waals surface area contributed by atoms with Crippen molar-refractivity contribution in [1.29, 1.82) is 0 Å². The van der Waals surface area contributed by atoms with E-state index in [2.05, 4.69) is 20.7 Å². The van der Waals surface area contributed by atoms with Gasteiger partial charge in [0.05, 0.1) is 4.90 Å². The van der Waals surface area contributed by atoms with Gasteiger partial charge in [0.15, 0.2) is 0 Å². The Morgan fingerprint density at radius 1 is 1.25 bits per heavy atom. The highest BCUT2D eigenvalue weighted by molar-refractivity contribution is 9.10. The van der Waals surface area contributed by atoms with Crippen LogP contribution in [0.3, 0.4) is 0 Å². The fourth-order valence-corrected chi connectivity index (χ4v) is 3.97. The molecule has 0 spiro atoms. The number of sulfonamides is 1. The molecule has 0 radical (unpaired) electrons. The summed E-state index contributed by atoms with van der Waals surface area (Å²) in [4.78, 5) is 0.224. The third-order valence-corrected chi connectivity index (χ3v) is 6.03. The maximum atomic E-state index is 12.2. The summed E-state index contributed by atoms with van der Waals surface area (Å²) in [5.41, 5.74) is 6.15. The van der Waals surface area contributed by atoms with Crippen LogP contribution in [-0.2, 0) is 10.0 Å². The summed E-state index contributed by atoms with van der Waals surface area (Å²) in [7, 11) is -3.45. The molecular weight excluding hydrogens is 340 g/mol. The van der Waals surface area contributed by atoms with Crippen LogP contribution in [0.1, 0.15) is 38.5 Å². The molecule has 1 aliphatic carbocycles. The molecule has 0 bridgehead atoms. The molecule has 20 heavy (non-hydrogen) atoms. The Bertz CT molecular complexity index is 554. The van der Waals surface area contributed by atoms with Gasteiger partial charge in [-0.25, -0.2) is 13.1 Å². The van der Waals surface area contributed by atoms with Crippen LogP contribution in [0.25, 0.3) is 0 Å². The zero-order valence-corrected chi connectivity index (χ0v) is 13.8. The minimum absolute atomic E-state index is 0.224. The Kier molecular flexibility index (Phi) is 5.46. The lowest BCUT2D eigenvalue weighted by molar-refractivity contribution is 0.339. The number of nitrogen functional groups attached to an aromatic ring is 1. The maximum Gasteiger partial charge on any atom is 0.240 e. The third-order valence-electron chi connectivity index (χ3n) is 3.85. The van der Waals surface area contributed by atoms with Crippen molar-refractivity contribution in [3.05, 3.63) is 22.7 Å². The molecule has 0 atom stereocenters. The predicted octanol–water partition coefficient (Wildman–Crippen LogP) is 3.28. The van der Waals surface area contributed by atoms with Crippen molar-refractivity contribution in [2.24, 2.45) is 5.92 Å². The lowest BCUT2D eigenvalue weighted by Gasteiger charge is -2.21. The van der Waals surface area contributed by atoms with Gasteiger partial charge in [-0.1, -0.05) is 32.1 Å². The van der Waals surface area contributed by atoms with E-state index < -0.39 is 10.0 Å². The van der Waals surface area contributed by atoms with Gasteiger partial charge in [-0.3, -0.25) is 0 Å². The van der Waals surface area contributed by atoms with E-state index in [1.54, 1.807) is 12.1 Å².